The van der Waals surface area contributed by atoms with E-state index in [0.29, 0.717) is 22.7 Å². The van der Waals surface area contributed by atoms with Crippen molar-refractivity contribution >= 4 is 23.1 Å². The summed E-state index contributed by atoms with van der Waals surface area (Å²) in [4.78, 5) is 27.8. The van der Waals surface area contributed by atoms with Crippen LogP contribution in [0.2, 0.25) is 0 Å². The van der Waals surface area contributed by atoms with Crippen molar-refractivity contribution in [2.24, 2.45) is 0 Å². The predicted molar refractivity (Wildman–Crippen MR) is 122 cm³/mol. The lowest BCUT2D eigenvalue weighted by Crippen LogP contribution is -2.29. The molecule has 1 aliphatic heterocycles. The molecule has 6 heteroatoms. The summed E-state index contributed by atoms with van der Waals surface area (Å²) >= 11 is 0. The predicted octanol–water partition coefficient (Wildman–Crippen LogP) is 4.64. The number of methoxy groups -OCH3 is 2. The number of Topliss-reactive ketones (excluding diaryl/α,β-unsaturated/α-hetero) is 1. The molecule has 162 valence electrons. The van der Waals surface area contributed by atoms with Crippen LogP contribution in [0.1, 0.15) is 22.7 Å². The van der Waals surface area contributed by atoms with Gasteiger partial charge >= 0.3 is 0 Å². The normalized spacial score (nSPS) is 17.5. The van der Waals surface area contributed by atoms with Gasteiger partial charge in [-0.25, -0.2) is 0 Å². The highest BCUT2D eigenvalue weighted by Crippen LogP contribution is 2.43. The number of rotatable bonds is 5. The monoisotopic (exact) mass is 429 g/mol. The fourth-order valence-corrected chi connectivity index (χ4v) is 3.95. The number of amides is 1. The Morgan fingerprint density at radius 2 is 1.56 bits per heavy atom. The number of benzene rings is 3. The molecule has 1 atom stereocenters. The van der Waals surface area contributed by atoms with Crippen molar-refractivity contribution in [1.29, 1.82) is 0 Å². The Labute approximate surface area is 186 Å². The number of carbonyl (C=O) groups is 2. The molecule has 0 aliphatic carbocycles. The van der Waals surface area contributed by atoms with E-state index in [1.165, 1.54) is 12.0 Å². The third-order valence-corrected chi connectivity index (χ3v) is 5.62. The minimum Gasteiger partial charge on any atom is -0.507 e. The number of ether oxygens (including phenoxy) is 2. The van der Waals surface area contributed by atoms with Crippen LogP contribution in [-0.2, 0) is 9.59 Å². The third-order valence-electron chi connectivity index (χ3n) is 5.62. The first kappa shape index (κ1) is 21.2. The smallest absolute Gasteiger partial charge is 0.300 e. The van der Waals surface area contributed by atoms with E-state index in [-0.39, 0.29) is 11.3 Å². The fourth-order valence-electron chi connectivity index (χ4n) is 3.95. The summed E-state index contributed by atoms with van der Waals surface area (Å²) in [5.74, 6) is -0.502. The van der Waals surface area contributed by atoms with E-state index in [0.717, 1.165) is 11.1 Å². The van der Waals surface area contributed by atoms with Crippen LogP contribution < -0.4 is 14.4 Å². The van der Waals surface area contributed by atoms with Crippen molar-refractivity contribution in [3.63, 3.8) is 0 Å². The van der Waals surface area contributed by atoms with Gasteiger partial charge in [-0.1, -0.05) is 30.3 Å². The second-order valence-corrected chi connectivity index (χ2v) is 7.46. The van der Waals surface area contributed by atoms with E-state index in [1.54, 1.807) is 55.6 Å². The molecule has 1 aliphatic rings. The standard InChI is InChI=1S/C26H23NO5/c1-16-7-4-5-10-21(16)23-22(24(28)17-11-13-19(31-2)14-12-17)25(29)26(30)27(23)18-8-6-9-20(15-18)32-3/h4-15,23,28H,1-3H3/b24-22+. The number of nitrogens with zero attached hydrogens (tertiary/aromatic N) is 1. The maximum Gasteiger partial charge on any atom is 0.300 e. The summed E-state index contributed by atoms with van der Waals surface area (Å²) in [5, 5.41) is 11.2. The van der Waals surface area contributed by atoms with Crippen LogP contribution in [0.25, 0.3) is 5.76 Å². The van der Waals surface area contributed by atoms with Gasteiger partial charge in [0.25, 0.3) is 11.7 Å². The first-order valence-corrected chi connectivity index (χ1v) is 10.1. The molecule has 4 rings (SSSR count). The van der Waals surface area contributed by atoms with E-state index in [4.69, 9.17) is 9.47 Å². The van der Waals surface area contributed by atoms with Gasteiger partial charge in [0, 0.05) is 17.3 Å². The van der Waals surface area contributed by atoms with Gasteiger partial charge in [0.05, 0.1) is 25.8 Å². The summed E-state index contributed by atoms with van der Waals surface area (Å²) in [5.41, 5.74) is 2.62. The second-order valence-electron chi connectivity index (χ2n) is 7.46. The topological polar surface area (TPSA) is 76.1 Å². The number of ketones is 1. The van der Waals surface area contributed by atoms with Gasteiger partial charge < -0.3 is 14.6 Å². The Morgan fingerprint density at radius 1 is 0.875 bits per heavy atom. The van der Waals surface area contributed by atoms with Crippen LogP contribution in [0.3, 0.4) is 0 Å². The van der Waals surface area contributed by atoms with Crippen molar-refractivity contribution in [1.82, 2.24) is 0 Å². The van der Waals surface area contributed by atoms with Gasteiger partial charge in [-0.05, 0) is 54.4 Å². The number of aryl methyl sites for hydroxylation is 1. The van der Waals surface area contributed by atoms with E-state index in [2.05, 4.69) is 0 Å². The first-order valence-electron chi connectivity index (χ1n) is 10.1. The van der Waals surface area contributed by atoms with Crippen molar-refractivity contribution in [3.05, 3.63) is 95.1 Å². The number of hydrogen-bond acceptors (Lipinski definition) is 5. The van der Waals surface area contributed by atoms with Crippen molar-refractivity contribution in [2.45, 2.75) is 13.0 Å². The number of carbonyl (C=O) groups excluding carboxylic acids is 2. The van der Waals surface area contributed by atoms with Crippen molar-refractivity contribution in [3.8, 4) is 11.5 Å². The molecule has 3 aromatic rings. The van der Waals surface area contributed by atoms with Gasteiger partial charge in [0.15, 0.2) is 0 Å². The van der Waals surface area contributed by atoms with Crippen LogP contribution in [0.15, 0.2) is 78.4 Å². The van der Waals surface area contributed by atoms with Crippen molar-refractivity contribution < 1.29 is 24.2 Å². The Balaban J connectivity index is 1.94. The van der Waals surface area contributed by atoms with Crippen LogP contribution in [0.5, 0.6) is 11.5 Å². The van der Waals surface area contributed by atoms with E-state index in [9.17, 15) is 14.7 Å². The van der Waals surface area contributed by atoms with Gasteiger partial charge in [-0.3, -0.25) is 14.5 Å². The zero-order valence-corrected chi connectivity index (χ0v) is 18.0. The molecular formula is C26H23NO5. The molecule has 1 N–H and O–H groups in total. The van der Waals surface area contributed by atoms with E-state index >= 15 is 0 Å². The Morgan fingerprint density at radius 3 is 2.22 bits per heavy atom. The number of anilines is 1. The molecular weight excluding hydrogens is 406 g/mol. The summed E-state index contributed by atoms with van der Waals surface area (Å²) < 4.78 is 10.5. The molecule has 32 heavy (non-hydrogen) atoms. The lowest BCUT2D eigenvalue weighted by Gasteiger charge is -2.27. The lowest BCUT2D eigenvalue weighted by atomic mass is 9.92. The van der Waals surface area contributed by atoms with Crippen LogP contribution >= 0.6 is 0 Å². The Kier molecular flexibility index (Phi) is 5.69. The average Bonchev–Trinajstić information content (AvgIpc) is 3.09. The molecule has 1 saturated heterocycles. The molecule has 1 fully saturated rings. The highest BCUT2D eigenvalue weighted by atomic mass is 16.5. The van der Waals surface area contributed by atoms with Crippen LogP contribution in [0, 0.1) is 6.92 Å². The molecule has 1 amide bonds. The molecule has 3 aromatic carbocycles. The van der Waals surface area contributed by atoms with E-state index in [1.807, 2.05) is 31.2 Å². The van der Waals surface area contributed by atoms with Crippen molar-refractivity contribution in [2.75, 3.05) is 19.1 Å². The zero-order chi connectivity index (χ0) is 22.8. The maximum atomic E-state index is 13.2. The maximum absolute atomic E-state index is 13.2. The molecule has 0 saturated carbocycles. The van der Waals surface area contributed by atoms with E-state index < -0.39 is 17.7 Å². The number of aliphatic hydroxyl groups excluding tert-OH is 1. The average molecular weight is 429 g/mol. The minimum atomic E-state index is -0.787. The van der Waals surface area contributed by atoms with Gasteiger partial charge in [0.1, 0.15) is 17.3 Å². The first-order chi connectivity index (χ1) is 15.5. The minimum absolute atomic E-state index is 0.0392. The Hall–Kier alpha value is -4.06. The molecule has 0 aromatic heterocycles. The quantitative estimate of drug-likeness (QED) is 0.363. The summed E-state index contributed by atoms with van der Waals surface area (Å²) in [6, 6.07) is 20.4. The molecule has 1 heterocycles. The summed E-state index contributed by atoms with van der Waals surface area (Å²) in [7, 11) is 3.09. The summed E-state index contributed by atoms with van der Waals surface area (Å²) in [6.07, 6.45) is 0. The second kappa shape index (κ2) is 8.59. The lowest BCUT2D eigenvalue weighted by molar-refractivity contribution is -0.132. The highest BCUT2D eigenvalue weighted by Gasteiger charge is 2.47. The fraction of sp³-hybridized carbons (Fsp3) is 0.154. The van der Waals surface area contributed by atoms with Crippen LogP contribution in [0.4, 0.5) is 5.69 Å². The van der Waals surface area contributed by atoms with Gasteiger partial charge in [-0.15, -0.1) is 0 Å². The highest BCUT2D eigenvalue weighted by molar-refractivity contribution is 6.51. The Bertz CT molecular complexity index is 1210. The van der Waals surface area contributed by atoms with Gasteiger partial charge in [-0.2, -0.15) is 0 Å². The molecule has 0 spiro atoms. The van der Waals surface area contributed by atoms with Gasteiger partial charge in [0.2, 0.25) is 0 Å². The zero-order valence-electron chi connectivity index (χ0n) is 18.0. The molecule has 1 unspecified atom stereocenters. The number of aliphatic hydroxyl groups is 1. The number of hydrogen-bond donors (Lipinski definition) is 1. The molecule has 0 bridgehead atoms. The third kappa shape index (κ3) is 3.60. The SMILES string of the molecule is COc1ccc(/C(O)=C2\C(=O)C(=O)N(c3cccc(OC)c3)C2c2ccccc2C)cc1. The van der Waals surface area contributed by atoms with Crippen LogP contribution in [-0.4, -0.2) is 31.0 Å². The molecule has 6 nitrogen and oxygen atoms in total. The molecule has 0 radical (unpaired) electrons. The summed E-state index contributed by atoms with van der Waals surface area (Å²) in [6.45, 7) is 1.91. The largest absolute Gasteiger partial charge is 0.507 e.